The van der Waals surface area contributed by atoms with Crippen molar-refractivity contribution in [1.29, 1.82) is 0 Å². The molecule has 24 heavy (non-hydrogen) atoms. The maximum Gasteiger partial charge on any atom is 0.243 e. The van der Waals surface area contributed by atoms with Gasteiger partial charge in [0.1, 0.15) is 5.82 Å². The summed E-state index contributed by atoms with van der Waals surface area (Å²) in [6.07, 6.45) is 0. The molecule has 0 N–H and O–H groups in total. The molecule has 0 saturated carbocycles. The molecule has 0 radical (unpaired) electrons. The lowest BCUT2D eigenvalue weighted by Gasteiger charge is -2.25. The highest BCUT2D eigenvalue weighted by Crippen LogP contribution is 2.32. The summed E-state index contributed by atoms with van der Waals surface area (Å²) < 4.78 is 50.2. The first-order valence-corrected chi connectivity index (χ1v) is 8.70. The van der Waals surface area contributed by atoms with E-state index >= 15 is 0 Å². The molecule has 0 saturated heterocycles. The molecular weight excluding hydrogens is 333 g/mol. The van der Waals surface area contributed by atoms with Gasteiger partial charge in [-0.1, -0.05) is 12.1 Å². The first-order valence-electron chi connectivity index (χ1n) is 7.26. The third-order valence-corrected chi connectivity index (χ3v) is 5.85. The van der Waals surface area contributed by atoms with E-state index in [1.54, 1.807) is 25.1 Å². The van der Waals surface area contributed by atoms with Gasteiger partial charge in [-0.25, -0.2) is 12.8 Å². The van der Waals surface area contributed by atoms with Crippen LogP contribution in [0, 0.1) is 5.82 Å². The van der Waals surface area contributed by atoms with Crippen LogP contribution >= 0.6 is 0 Å². The second-order valence-electron chi connectivity index (χ2n) is 5.27. The fourth-order valence-electron chi connectivity index (χ4n) is 2.30. The molecule has 2 aromatic rings. The molecule has 1 unspecified atom stereocenters. The summed E-state index contributed by atoms with van der Waals surface area (Å²) in [6, 6.07) is 9.73. The van der Waals surface area contributed by atoms with Gasteiger partial charge in [-0.2, -0.15) is 4.31 Å². The largest absolute Gasteiger partial charge is 0.493 e. The van der Waals surface area contributed by atoms with E-state index in [0.717, 1.165) is 0 Å². The molecule has 0 aliphatic carbocycles. The van der Waals surface area contributed by atoms with Crippen LogP contribution < -0.4 is 9.47 Å². The third kappa shape index (κ3) is 3.52. The first-order chi connectivity index (χ1) is 11.3. The second-order valence-corrected chi connectivity index (χ2v) is 7.26. The van der Waals surface area contributed by atoms with Gasteiger partial charge in [-0.05, 0) is 36.8 Å². The Labute approximate surface area is 141 Å². The maximum atomic E-state index is 13.0. The molecule has 5 nitrogen and oxygen atoms in total. The number of methoxy groups -OCH3 is 2. The molecule has 0 spiro atoms. The average Bonchev–Trinajstić information content (AvgIpc) is 2.60. The molecule has 0 fully saturated rings. The summed E-state index contributed by atoms with van der Waals surface area (Å²) in [5.74, 6) is 0.420. The lowest BCUT2D eigenvalue weighted by molar-refractivity contribution is 0.353. The van der Waals surface area contributed by atoms with Crippen LogP contribution in [0.4, 0.5) is 4.39 Å². The molecule has 130 valence electrons. The number of rotatable bonds is 6. The van der Waals surface area contributed by atoms with Crippen LogP contribution in [0.3, 0.4) is 0 Å². The van der Waals surface area contributed by atoms with Crippen molar-refractivity contribution in [2.45, 2.75) is 17.9 Å². The third-order valence-electron chi connectivity index (χ3n) is 3.93. The van der Waals surface area contributed by atoms with Gasteiger partial charge in [-0.15, -0.1) is 0 Å². The monoisotopic (exact) mass is 353 g/mol. The predicted molar refractivity (Wildman–Crippen MR) is 89.3 cm³/mol. The Morgan fingerprint density at radius 3 is 2.12 bits per heavy atom. The Kier molecular flexibility index (Phi) is 5.46. The number of nitrogens with zero attached hydrogens (tertiary/aromatic N) is 1. The van der Waals surface area contributed by atoms with Crippen molar-refractivity contribution in [2.24, 2.45) is 0 Å². The number of ether oxygens (including phenoxy) is 2. The van der Waals surface area contributed by atoms with Gasteiger partial charge >= 0.3 is 0 Å². The summed E-state index contributed by atoms with van der Waals surface area (Å²) in [5, 5.41) is 0. The minimum absolute atomic E-state index is 0.0941. The van der Waals surface area contributed by atoms with Gasteiger partial charge in [0.2, 0.25) is 10.0 Å². The van der Waals surface area contributed by atoms with Crippen molar-refractivity contribution >= 4 is 10.0 Å². The standard InChI is InChI=1S/C17H20FNO4S/c1-12(13-5-7-14(18)8-6-13)19(2)24(20,21)15-9-10-16(22-3)17(11-15)23-4/h5-12H,1-4H3. The summed E-state index contributed by atoms with van der Waals surface area (Å²) in [5.41, 5.74) is 0.697. The zero-order valence-corrected chi connectivity index (χ0v) is 14.8. The average molecular weight is 353 g/mol. The smallest absolute Gasteiger partial charge is 0.243 e. The van der Waals surface area contributed by atoms with Crippen molar-refractivity contribution in [2.75, 3.05) is 21.3 Å². The number of sulfonamides is 1. The van der Waals surface area contributed by atoms with Crippen molar-refractivity contribution in [1.82, 2.24) is 4.31 Å². The van der Waals surface area contributed by atoms with E-state index in [1.807, 2.05) is 0 Å². The van der Waals surface area contributed by atoms with Crippen molar-refractivity contribution < 1.29 is 22.3 Å². The van der Waals surface area contributed by atoms with Gasteiger partial charge in [0.25, 0.3) is 0 Å². The van der Waals surface area contributed by atoms with Gasteiger partial charge in [0.05, 0.1) is 19.1 Å². The Balaban J connectivity index is 2.36. The zero-order valence-electron chi connectivity index (χ0n) is 14.0. The van der Waals surface area contributed by atoms with Crippen LogP contribution in [-0.2, 0) is 10.0 Å². The molecule has 0 amide bonds. The Bertz CT molecular complexity index is 806. The lowest BCUT2D eigenvalue weighted by Crippen LogP contribution is -2.29. The predicted octanol–water partition coefficient (Wildman–Crippen LogP) is 3.22. The molecule has 0 bridgehead atoms. The quantitative estimate of drug-likeness (QED) is 0.800. The number of benzene rings is 2. The number of hydrogen-bond donors (Lipinski definition) is 0. The molecular formula is C17H20FNO4S. The van der Waals surface area contributed by atoms with E-state index < -0.39 is 16.1 Å². The first kappa shape index (κ1) is 18.2. The van der Waals surface area contributed by atoms with Crippen molar-refractivity contribution in [3.8, 4) is 11.5 Å². The number of hydrogen-bond acceptors (Lipinski definition) is 4. The topological polar surface area (TPSA) is 55.8 Å². The normalized spacial score (nSPS) is 12.9. The van der Waals surface area contributed by atoms with Crippen LogP contribution in [0.1, 0.15) is 18.5 Å². The minimum atomic E-state index is -3.75. The van der Waals surface area contributed by atoms with E-state index in [4.69, 9.17) is 9.47 Å². The maximum absolute atomic E-state index is 13.0. The van der Waals surface area contributed by atoms with Crippen LogP contribution in [0.2, 0.25) is 0 Å². The van der Waals surface area contributed by atoms with E-state index in [2.05, 4.69) is 0 Å². The molecule has 7 heteroatoms. The van der Waals surface area contributed by atoms with E-state index in [9.17, 15) is 12.8 Å². The highest BCUT2D eigenvalue weighted by atomic mass is 32.2. The van der Waals surface area contributed by atoms with Gasteiger partial charge in [0, 0.05) is 19.2 Å². The molecule has 0 aromatic heterocycles. The van der Waals surface area contributed by atoms with Crippen LogP contribution in [0.5, 0.6) is 11.5 Å². The highest BCUT2D eigenvalue weighted by molar-refractivity contribution is 7.89. The van der Waals surface area contributed by atoms with E-state index in [0.29, 0.717) is 17.1 Å². The zero-order chi connectivity index (χ0) is 17.9. The molecule has 2 aromatic carbocycles. The minimum Gasteiger partial charge on any atom is -0.493 e. The number of halogens is 1. The van der Waals surface area contributed by atoms with Gasteiger partial charge in [0.15, 0.2) is 11.5 Å². The van der Waals surface area contributed by atoms with E-state index in [-0.39, 0.29) is 10.7 Å². The SMILES string of the molecule is COc1ccc(S(=O)(=O)N(C)C(C)c2ccc(F)cc2)cc1OC. The van der Waals surface area contributed by atoms with Gasteiger partial charge < -0.3 is 9.47 Å². The summed E-state index contributed by atoms with van der Waals surface area (Å²) in [7, 11) is 0.661. The summed E-state index contributed by atoms with van der Waals surface area (Å²) in [6.45, 7) is 1.74. The Morgan fingerprint density at radius 2 is 1.58 bits per heavy atom. The molecule has 1 atom stereocenters. The van der Waals surface area contributed by atoms with Crippen molar-refractivity contribution in [3.05, 3.63) is 53.8 Å². The molecule has 0 heterocycles. The second kappa shape index (κ2) is 7.19. The Morgan fingerprint density at radius 1 is 1.00 bits per heavy atom. The molecule has 0 aliphatic heterocycles. The van der Waals surface area contributed by atoms with Gasteiger partial charge in [-0.3, -0.25) is 0 Å². The van der Waals surface area contributed by atoms with Crippen LogP contribution in [-0.4, -0.2) is 34.0 Å². The Hall–Kier alpha value is -2.12. The summed E-state index contributed by atoms with van der Waals surface area (Å²) in [4.78, 5) is 0.0941. The molecule has 0 aliphatic rings. The van der Waals surface area contributed by atoms with Crippen LogP contribution in [0.15, 0.2) is 47.4 Å². The highest BCUT2D eigenvalue weighted by Gasteiger charge is 2.27. The molecule has 2 rings (SSSR count). The summed E-state index contributed by atoms with van der Waals surface area (Å²) >= 11 is 0. The van der Waals surface area contributed by atoms with Crippen molar-refractivity contribution in [3.63, 3.8) is 0 Å². The van der Waals surface area contributed by atoms with E-state index in [1.165, 1.54) is 49.8 Å². The van der Waals surface area contributed by atoms with Crippen LogP contribution in [0.25, 0.3) is 0 Å². The lowest BCUT2D eigenvalue weighted by atomic mass is 10.1. The fraction of sp³-hybridized carbons (Fsp3) is 0.294. The fourth-order valence-corrected chi connectivity index (χ4v) is 3.67.